The first-order chi connectivity index (χ1) is 5.99. The Morgan fingerprint density at radius 1 is 1.27 bits per heavy atom. The van der Waals surface area contributed by atoms with Crippen LogP contribution in [0.1, 0.15) is 40.5 Å². The van der Waals surface area contributed by atoms with E-state index in [1.165, 1.54) is 6.42 Å². The summed E-state index contributed by atoms with van der Waals surface area (Å²) < 4.78 is 0. The van der Waals surface area contributed by atoms with Crippen LogP contribution in [-0.4, -0.2) is 12.5 Å². The van der Waals surface area contributed by atoms with Crippen molar-refractivity contribution in [3.05, 3.63) is 0 Å². The zero-order chi connectivity index (χ0) is 10.9. The normalized spacial score (nSPS) is 12.1. The van der Waals surface area contributed by atoms with Crippen LogP contribution in [0.3, 0.4) is 0 Å². The van der Waals surface area contributed by atoms with Crippen LogP contribution in [0.4, 0.5) is 0 Å². The van der Waals surface area contributed by atoms with E-state index in [4.69, 9.17) is 5.73 Å². The number of carboxylic acids is 1. The minimum Gasteiger partial charge on any atom is -0.550 e. The van der Waals surface area contributed by atoms with Crippen molar-refractivity contribution in [3.63, 3.8) is 0 Å². The maximum absolute atomic E-state index is 9.82. The van der Waals surface area contributed by atoms with Crippen LogP contribution in [0.15, 0.2) is 0 Å². The molecule has 88 valence electrons. The zero-order valence-corrected chi connectivity index (χ0v) is 13.4. The third-order valence-electron chi connectivity index (χ3n) is 2.11. The van der Waals surface area contributed by atoms with Gasteiger partial charge in [0.05, 0.1) is 0 Å². The molecule has 0 aromatic carbocycles. The second kappa shape index (κ2) is 17.1. The molecule has 0 saturated heterocycles. The minimum absolute atomic E-state index is 0. The van der Waals surface area contributed by atoms with Gasteiger partial charge in [-0.25, -0.2) is 0 Å². The van der Waals surface area contributed by atoms with Crippen molar-refractivity contribution in [2.45, 2.75) is 40.5 Å². The van der Waals surface area contributed by atoms with Crippen molar-refractivity contribution in [2.24, 2.45) is 17.6 Å². The van der Waals surface area contributed by atoms with Crippen molar-refractivity contribution in [1.29, 1.82) is 0 Å². The van der Waals surface area contributed by atoms with Gasteiger partial charge < -0.3 is 15.6 Å². The van der Waals surface area contributed by atoms with Crippen molar-refractivity contribution < 1.29 is 39.5 Å². The maximum atomic E-state index is 9.82. The topological polar surface area (TPSA) is 66.1 Å². The summed E-state index contributed by atoms with van der Waals surface area (Å²) in [6.45, 7) is 8.59. The molecule has 0 amide bonds. The Hall–Kier alpha value is 0.720. The molecule has 0 saturated carbocycles. The third kappa shape index (κ3) is 20.7. The number of nitrogens with two attached hydrogens (primary N) is 1. The summed E-state index contributed by atoms with van der Waals surface area (Å²) in [7, 11) is 0. The van der Waals surface area contributed by atoms with Gasteiger partial charge in [0.2, 0.25) is 0 Å². The molecular weight excluding hydrogens is 225 g/mol. The van der Waals surface area contributed by atoms with E-state index in [0.717, 1.165) is 6.54 Å². The Balaban J connectivity index is -0.0000000718. The van der Waals surface area contributed by atoms with Gasteiger partial charge in [-0.1, -0.05) is 34.1 Å². The Morgan fingerprint density at radius 2 is 1.67 bits per heavy atom. The minimum atomic E-state index is -0.956. The zero-order valence-electron chi connectivity index (χ0n) is 10.6. The van der Waals surface area contributed by atoms with E-state index >= 15 is 0 Å². The Kier molecular flexibility index (Phi) is 28.3. The standard InChI is InChI=1S/C5H13N.C5H10O2.ClH.Na/c1-3-5(2)4-6;1-3-4(2)5(6)7;;/h5H,3-4,6H2,1-2H3;4H,3H2,1-2H3,(H,6,7);1H;/q;;;+1/p-1. The van der Waals surface area contributed by atoms with Gasteiger partial charge in [-0.05, 0) is 24.8 Å². The summed E-state index contributed by atoms with van der Waals surface area (Å²) in [6, 6.07) is 0. The van der Waals surface area contributed by atoms with Gasteiger partial charge >= 0.3 is 29.6 Å². The molecule has 0 aromatic heterocycles. The molecule has 5 heteroatoms. The second-order valence-electron chi connectivity index (χ2n) is 3.38. The molecule has 2 unspecified atom stereocenters. The number of hydrogen-bond acceptors (Lipinski definition) is 3. The second-order valence-corrected chi connectivity index (χ2v) is 3.38. The van der Waals surface area contributed by atoms with Crippen molar-refractivity contribution in [3.8, 4) is 0 Å². The van der Waals surface area contributed by atoms with E-state index in [1.54, 1.807) is 6.92 Å². The predicted molar refractivity (Wildman–Crippen MR) is 60.2 cm³/mol. The number of carbonyl (C=O) groups is 1. The molecule has 0 heterocycles. The summed E-state index contributed by atoms with van der Waals surface area (Å²) >= 11 is 0. The Bertz CT molecular complexity index is 133. The van der Waals surface area contributed by atoms with Crippen LogP contribution >= 0.6 is 12.4 Å². The van der Waals surface area contributed by atoms with Crippen LogP contribution in [0.25, 0.3) is 0 Å². The number of halogens is 1. The van der Waals surface area contributed by atoms with Gasteiger partial charge in [0.25, 0.3) is 0 Å². The van der Waals surface area contributed by atoms with Crippen LogP contribution < -0.4 is 40.4 Å². The first kappa shape index (κ1) is 24.8. The Morgan fingerprint density at radius 3 is 1.67 bits per heavy atom. The largest absolute Gasteiger partial charge is 1.00 e. The van der Waals surface area contributed by atoms with E-state index in [0.29, 0.717) is 12.3 Å². The molecule has 3 nitrogen and oxygen atoms in total. The summed E-state index contributed by atoms with van der Waals surface area (Å²) in [6.07, 6.45) is 1.86. The predicted octanol–water partition coefficient (Wildman–Crippen LogP) is -1.80. The van der Waals surface area contributed by atoms with Crippen molar-refractivity contribution in [2.75, 3.05) is 6.54 Å². The van der Waals surface area contributed by atoms with Crippen LogP contribution in [-0.2, 0) is 4.79 Å². The van der Waals surface area contributed by atoms with Gasteiger partial charge in [0, 0.05) is 5.97 Å². The summed E-state index contributed by atoms with van der Waals surface area (Å²) in [5.41, 5.74) is 5.28. The Labute approximate surface area is 122 Å². The SMILES string of the molecule is CCC(C)C(=O)[O-].CCC(C)CN.Cl.[Na+]. The summed E-state index contributed by atoms with van der Waals surface area (Å²) in [5, 5.41) is 9.82. The molecule has 0 radical (unpaired) electrons. The smallest absolute Gasteiger partial charge is 0.550 e. The molecule has 0 aliphatic rings. The molecular formula is C10H23ClNNaO2. The first-order valence-electron chi connectivity index (χ1n) is 4.90. The van der Waals surface area contributed by atoms with Crippen LogP contribution in [0.2, 0.25) is 0 Å². The van der Waals surface area contributed by atoms with E-state index < -0.39 is 5.97 Å². The van der Waals surface area contributed by atoms with Gasteiger partial charge in [-0.2, -0.15) is 0 Å². The fourth-order valence-corrected chi connectivity index (χ4v) is 0.333. The number of aliphatic carboxylic acids is 1. The van der Waals surface area contributed by atoms with Gasteiger partial charge in [-0.15, -0.1) is 12.4 Å². The van der Waals surface area contributed by atoms with Crippen LogP contribution in [0, 0.1) is 11.8 Å². The monoisotopic (exact) mass is 247 g/mol. The quantitative estimate of drug-likeness (QED) is 0.596. The van der Waals surface area contributed by atoms with E-state index in [9.17, 15) is 9.90 Å². The summed E-state index contributed by atoms with van der Waals surface area (Å²) in [4.78, 5) is 9.82. The average molecular weight is 248 g/mol. The molecule has 0 aliphatic carbocycles. The molecule has 2 atom stereocenters. The first-order valence-corrected chi connectivity index (χ1v) is 4.90. The number of hydrogen-bond donors (Lipinski definition) is 1. The fraction of sp³-hybridized carbons (Fsp3) is 0.900. The molecule has 0 aromatic rings. The molecule has 0 spiro atoms. The maximum Gasteiger partial charge on any atom is 1.00 e. The molecule has 0 fully saturated rings. The molecule has 0 bridgehead atoms. The van der Waals surface area contributed by atoms with Crippen LogP contribution in [0.5, 0.6) is 0 Å². The fourth-order valence-electron chi connectivity index (χ4n) is 0.333. The molecule has 0 rings (SSSR count). The number of carboxylic acid groups (broad SMARTS) is 1. The van der Waals surface area contributed by atoms with Gasteiger partial charge in [0.15, 0.2) is 0 Å². The van der Waals surface area contributed by atoms with E-state index in [-0.39, 0.29) is 47.9 Å². The van der Waals surface area contributed by atoms with Crippen molar-refractivity contribution >= 4 is 18.4 Å². The van der Waals surface area contributed by atoms with Gasteiger partial charge in [-0.3, -0.25) is 0 Å². The average Bonchev–Trinajstić information content (AvgIpc) is 2.16. The number of carbonyl (C=O) groups excluding carboxylic acids is 1. The van der Waals surface area contributed by atoms with Gasteiger partial charge in [0.1, 0.15) is 0 Å². The molecule has 2 N–H and O–H groups in total. The number of rotatable bonds is 4. The van der Waals surface area contributed by atoms with Crippen molar-refractivity contribution in [1.82, 2.24) is 0 Å². The molecule has 0 aliphatic heterocycles. The third-order valence-corrected chi connectivity index (χ3v) is 2.11. The van der Waals surface area contributed by atoms with E-state index in [2.05, 4.69) is 13.8 Å². The molecule has 15 heavy (non-hydrogen) atoms. The summed E-state index contributed by atoms with van der Waals surface area (Å²) in [5.74, 6) is -0.535. The van der Waals surface area contributed by atoms with E-state index in [1.807, 2.05) is 6.92 Å².